The maximum atomic E-state index is 4.89. The van der Waals surface area contributed by atoms with E-state index < -0.39 is 0 Å². The lowest BCUT2D eigenvalue weighted by Crippen LogP contribution is -2.62. The van der Waals surface area contributed by atoms with E-state index in [-0.39, 0.29) is 17.0 Å². The van der Waals surface area contributed by atoms with Gasteiger partial charge in [0.15, 0.2) is 5.82 Å². The Morgan fingerprint density at radius 3 is 2.44 bits per heavy atom. The summed E-state index contributed by atoms with van der Waals surface area (Å²) >= 11 is 0. The number of anilines is 3. The van der Waals surface area contributed by atoms with Gasteiger partial charge < -0.3 is 9.80 Å². The quantitative estimate of drug-likeness (QED) is 0.414. The zero-order chi connectivity index (χ0) is 22.8. The van der Waals surface area contributed by atoms with E-state index in [1.54, 1.807) is 0 Å². The molecule has 0 aliphatic carbocycles. The molecule has 2 aliphatic rings. The lowest BCUT2D eigenvalue weighted by molar-refractivity contribution is 0.160. The Morgan fingerprint density at radius 2 is 1.75 bits per heavy atom. The van der Waals surface area contributed by atoms with Crippen LogP contribution in [0, 0.1) is 12.3 Å². The van der Waals surface area contributed by atoms with E-state index in [1.165, 1.54) is 33.6 Å². The second-order valence-electron chi connectivity index (χ2n) is 10.3. The molecule has 0 bridgehead atoms. The standard InChI is InChI=1S/C29H33N3/c1-8-29(7)23-16-15-21(22-13-10-9-12-20(22)4)18-25(23)32-26-24(14-11-17-30-26)31(19(2)3)27(32)28(29,5)6/h8-19,27H,1H2,2-7H3. The van der Waals surface area contributed by atoms with Gasteiger partial charge in [0, 0.05) is 28.8 Å². The van der Waals surface area contributed by atoms with Crippen LogP contribution in [-0.4, -0.2) is 17.2 Å². The van der Waals surface area contributed by atoms with Gasteiger partial charge in [-0.1, -0.05) is 63.2 Å². The molecule has 3 aromatic rings. The maximum absolute atomic E-state index is 4.89. The van der Waals surface area contributed by atoms with E-state index in [2.05, 4.69) is 119 Å². The van der Waals surface area contributed by atoms with Crippen molar-refractivity contribution in [2.24, 2.45) is 5.41 Å². The number of aryl methyl sites for hydroxylation is 1. The molecule has 3 heterocycles. The van der Waals surface area contributed by atoms with Crippen LogP contribution in [0.25, 0.3) is 11.1 Å². The molecule has 0 amide bonds. The third-order valence-electron chi connectivity index (χ3n) is 8.00. The summed E-state index contributed by atoms with van der Waals surface area (Å²) in [6, 6.07) is 20.2. The number of fused-ring (bicyclic) bond motifs is 5. The summed E-state index contributed by atoms with van der Waals surface area (Å²) in [4.78, 5) is 9.93. The Hall–Kier alpha value is -3.07. The fourth-order valence-corrected chi connectivity index (χ4v) is 5.85. The van der Waals surface area contributed by atoms with Crippen LogP contribution in [0.1, 0.15) is 45.7 Å². The zero-order valence-corrected chi connectivity index (χ0v) is 20.1. The lowest BCUT2D eigenvalue weighted by Gasteiger charge is -2.57. The molecule has 0 fully saturated rings. The average molecular weight is 424 g/mol. The molecule has 3 nitrogen and oxygen atoms in total. The summed E-state index contributed by atoms with van der Waals surface area (Å²) in [5.41, 5.74) is 7.27. The molecule has 2 aliphatic heterocycles. The fraction of sp³-hybridized carbons (Fsp3) is 0.345. The van der Waals surface area contributed by atoms with E-state index in [0.29, 0.717) is 6.04 Å². The smallest absolute Gasteiger partial charge is 0.158 e. The number of allylic oxidation sites excluding steroid dienone is 1. The summed E-state index contributed by atoms with van der Waals surface area (Å²) in [6.45, 7) is 18.2. The minimum absolute atomic E-state index is 0.100. The van der Waals surface area contributed by atoms with Crippen LogP contribution in [0.4, 0.5) is 17.2 Å². The Labute approximate surface area is 192 Å². The van der Waals surface area contributed by atoms with E-state index >= 15 is 0 Å². The van der Waals surface area contributed by atoms with Crippen LogP contribution in [0.2, 0.25) is 0 Å². The normalized spacial score (nSPS) is 23.0. The van der Waals surface area contributed by atoms with Crippen molar-refractivity contribution >= 4 is 17.2 Å². The summed E-state index contributed by atoms with van der Waals surface area (Å²) in [7, 11) is 0. The van der Waals surface area contributed by atoms with Crippen molar-refractivity contribution in [3.05, 3.63) is 84.6 Å². The molecular weight excluding hydrogens is 390 g/mol. The van der Waals surface area contributed by atoms with E-state index in [4.69, 9.17) is 4.98 Å². The van der Waals surface area contributed by atoms with Crippen LogP contribution in [-0.2, 0) is 5.41 Å². The lowest BCUT2D eigenvalue weighted by atomic mass is 9.58. The monoisotopic (exact) mass is 423 g/mol. The Kier molecular flexibility index (Phi) is 4.53. The molecule has 2 atom stereocenters. The minimum Gasteiger partial charge on any atom is -0.345 e. The molecule has 1 aromatic heterocycles. The van der Waals surface area contributed by atoms with Gasteiger partial charge in [0.2, 0.25) is 0 Å². The van der Waals surface area contributed by atoms with E-state index in [1.807, 2.05) is 6.20 Å². The molecule has 3 heteroatoms. The summed E-state index contributed by atoms with van der Waals surface area (Å²) < 4.78 is 0. The molecule has 2 unspecified atom stereocenters. The van der Waals surface area contributed by atoms with Gasteiger partial charge in [-0.05, 0) is 61.2 Å². The average Bonchev–Trinajstić information content (AvgIpc) is 3.14. The first-order chi connectivity index (χ1) is 15.2. The van der Waals surface area contributed by atoms with Crippen LogP contribution >= 0.6 is 0 Å². The van der Waals surface area contributed by atoms with Crippen LogP contribution in [0.5, 0.6) is 0 Å². The molecular formula is C29H33N3. The van der Waals surface area contributed by atoms with Crippen molar-refractivity contribution in [1.29, 1.82) is 0 Å². The van der Waals surface area contributed by atoms with Gasteiger partial charge in [0.05, 0.1) is 5.69 Å². The topological polar surface area (TPSA) is 19.4 Å². The highest BCUT2D eigenvalue weighted by Gasteiger charge is 2.59. The first-order valence-corrected chi connectivity index (χ1v) is 11.6. The van der Waals surface area contributed by atoms with Crippen molar-refractivity contribution in [2.75, 3.05) is 9.80 Å². The second kappa shape index (κ2) is 6.96. The van der Waals surface area contributed by atoms with Gasteiger partial charge in [-0.3, -0.25) is 0 Å². The van der Waals surface area contributed by atoms with Crippen LogP contribution in [0.3, 0.4) is 0 Å². The van der Waals surface area contributed by atoms with Gasteiger partial charge in [-0.25, -0.2) is 4.98 Å². The number of benzene rings is 2. The summed E-state index contributed by atoms with van der Waals surface area (Å²) in [6.07, 6.45) is 4.22. The van der Waals surface area contributed by atoms with Crippen molar-refractivity contribution < 1.29 is 0 Å². The number of rotatable bonds is 3. The van der Waals surface area contributed by atoms with Gasteiger partial charge in [0.25, 0.3) is 0 Å². The van der Waals surface area contributed by atoms with Gasteiger partial charge in [-0.15, -0.1) is 6.58 Å². The highest BCUT2D eigenvalue weighted by Crippen LogP contribution is 2.61. The number of pyridine rings is 1. The van der Waals surface area contributed by atoms with Crippen molar-refractivity contribution in [3.63, 3.8) is 0 Å². The largest absolute Gasteiger partial charge is 0.345 e. The van der Waals surface area contributed by atoms with Gasteiger partial charge in [-0.2, -0.15) is 0 Å². The minimum atomic E-state index is -0.192. The van der Waals surface area contributed by atoms with Gasteiger partial charge >= 0.3 is 0 Å². The Bertz CT molecular complexity index is 1210. The number of hydrogen-bond acceptors (Lipinski definition) is 3. The second-order valence-corrected chi connectivity index (χ2v) is 10.3. The Morgan fingerprint density at radius 1 is 1.00 bits per heavy atom. The molecule has 0 saturated heterocycles. The maximum Gasteiger partial charge on any atom is 0.158 e. The third kappa shape index (κ3) is 2.57. The predicted octanol–water partition coefficient (Wildman–Crippen LogP) is 7.23. The first kappa shape index (κ1) is 20.8. The van der Waals surface area contributed by atoms with Crippen LogP contribution < -0.4 is 9.80 Å². The molecule has 0 radical (unpaired) electrons. The summed E-state index contributed by atoms with van der Waals surface area (Å²) in [5, 5.41) is 0. The Balaban J connectivity index is 1.83. The number of hydrogen-bond donors (Lipinski definition) is 0. The van der Waals surface area contributed by atoms with Crippen molar-refractivity contribution in [3.8, 4) is 11.1 Å². The van der Waals surface area contributed by atoms with Crippen molar-refractivity contribution in [2.45, 2.75) is 59.2 Å². The van der Waals surface area contributed by atoms with Crippen LogP contribution in [0.15, 0.2) is 73.4 Å². The van der Waals surface area contributed by atoms with Gasteiger partial charge in [0.1, 0.15) is 6.17 Å². The molecule has 0 N–H and O–H groups in total. The van der Waals surface area contributed by atoms with E-state index in [9.17, 15) is 0 Å². The third-order valence-corrected chi connectivity index (χ3v) is 8.00. The zero-order valence-electron chi connectivity index (χ0n) is 20.1. The predicted molar refractivity (Wildman–Crippen MR) is 136 cm³/mol. The molecule has 5 rings (SSSR count). The molecule has 0 saturated carbocycles. The molecule has 32 heavy (non-hydrogen) atoms. The molecule has 164 valence electrons. The SMILES string of the molecule is C=CC1(C)c2ccc(-c3ccccc3C)cc2N2c3ncccc3N(C(C)C)C2C1(C)C. The van der Waals surface area contributed by atoms with E-state index in [0.717, 1.165) is 5.82 Å². The highest BCUT2D eigenvalue weighted by molar-refractivity contribution is 5.87. The molecule has 2 aromatic carbocycles. The number of nitrogens with zero attached hydrogens (tertiary/aromatic N) is 3. The summed E-state index contributed by atoms with van der Waals surface area (Å²) in [5.74, 6) is 1.05. The fourth-order valence-electron chi connectivity index (χ4n) is 5.85. The molecule has 0 spiro atoms. The first-order valence-electron chi connectivity index (χ1n) is 11.6. The highest BCUT2D eigenvalue weighted by atomic mass is 15.5. The van der Waals surface area contributed by atoms with Crippen molar-refractivity contribution in [1.82, 2.24) is 4.98 Å². The number of aromatic nitrogens is 1.